The van der Waals surface area contributed by atoms with Crippen molar-refractivity contribution in [1.29, 1.82) is 0 Å². The zero-order valence-electron chi connectivity index (χ0n) is 15.0. The monoisotopic (exact) mass is 364 g/mol. The van der Waals surface area contributed by atoms with Crippen molar-refractivity contribution in [2.75, 3.05) is 6.61 Å². The number of aliphatic hydroxyl groups is 3. The summed E-state index contributed by atoms with van der Waals surface area (Å²) in [4.78, 5) is 23.3. The first-order valence-corrected chi connectivity index (χ1v) is 8.47. The summed E-state index contributed by atoms with van der Waals surface area (Å²) in [5.41, 5.74) is 1.97. The molecule has 7 nitrogen and oxygen atoms in total. The standard InChI is InChI=1S/C19H24O7/c1-10(2)8-12-4-6-13(7-5-12)11(3)18(23)25-9-14(20)17-15(21)16(22)19(24)26-17/h4-7,10-11,14,17,20-22H,8-9H2,1-3H3. The van der Waals surface area contributed by atoms with Gasteiger partial charge in [0.2, 0.25) is 5.76 Å². The average molecular weight is 364 g/mol. The maximum Gasteiger partial charge on any atom is 0.377 e. The molecule has 2 rings (SSSR count). The Balaban J connectivity index is 1.90. The molecule has 3 N–H and O–H groups in total. The van der Waals surface area contributed by atoms with Crippen LogP contribution in [-0.2, 0) is 25.5 Å². The molecule has 1 aliphatic rings. The molecule has 0 spiro atoms. The molecule has 0 aliphatic carbocycles. The Morgan fingerprint density at radius 1 is 1.19 bits per heavy atom. The summed E-state index contributed by atoms with van der Waals surface area (Å²) >= 11 is 0. The van der Waals surface area contributed by atoms with E-state index in [0.717, 1.165) is 12.0 Å². The van der Waals surface area contributed by atoms with Crippen LogP contribution in [0.5, 0.6) is 0 Å². The van der Waals surface area contributed by atoms with Gasteiger partial charge in [0.05, 0.1) is 5.92 Å². The maximum absolute atomic E-state index is 12.2. The van der Waals surface area contributed by atoms with Gasteiger partial charge in [0.15, 0.2) is 11.9 Å². The van der Waals surface area contributed by atoms with Crippen LogP contribution in [0.3, 0.4) is 0 Å². The Kier molecular flexibility index (Phi) is 6.26. The molecule has 26 heavy (non-hydrogen) atoms. The van der Waals surface area contributed by atoms with Crippen molar-refractivity contribution >= 4 is 11.9 Å². The lowest BCUT2D eigenvalue weighted by molar-refractivity contribution is -0.155. The largest absolute Gasteiger partial charge is 0.505 e. The topological polar surface area (TPSA) is 113 Å². The predicted molar refractivity (Wildman–Crippen MR) is 92.5 cm³/mol. The smallest absolute Gasteiger partial charge is 0.377 e. The lowest BCUT2D eigenvalue weighted by Gasteiger charge is -2.19. The SMILES string of the molecule is CC(C)Cc1ccc(C(C)C(=O)OCC(O)C2OC(=O)C(O)=C2O)cc1. The Morgan fingerprint density at radius 3 is 2.31 bits per heavy atom. The molecule has 0 aromatic heterocycles. The zero-order valence-corrected chi connectivity index (χ0v) is 15.0. The molecule has 7 heteroatoms. The van der Waals surface area contributed by atoms with E-state index in [-0.39, 0.29) is 0 Å². The summed E-state index contributed by atoms with van der Waals surface area (Å²) in [6.07, 6.45) is -1.97. The number of rotatable bonds is 7. The van der Waals surface area contributed by atoms with Crippen LogP contribution < -0.4 is 0 Å². The van der Waals surface area contributed by atoms with Crippen molar-refractivity contribution in [3.05, 3.63) is 46.9 Å². The van der Waals surface area contributed by atoms with Crippen LogP contribution in [0, 0.1) is 5.92 Å². The number of hydrogen-bond acceptors (Lipinski definition) is 7. The molecular formula is C19H24O7. The quantitative estimate of drug-likeness (QED) is 0.635. The number of esters is 2. The van der Waals surface area contributed by atoms with Gasteiger partial charge in [-0.3, -0.25) is 4.79 Å². The zero-order chi connectivity index (χ0) is 19.4. The fourth-order valence-electron chi connectivity index (χ4n) is 2.66. The Labute approximate surface area is 151 Å². The van der Waals surface area contributed by atoms with Crippen molar-refractivity contribution in [2.45, 2.75) is 45.3 Å². The van der Waals surface area contributed by atoms with Crippen molar-refractivity contribution < 1.29 is 34.4 Å². The second-order valence-corrected chi connectivity index (χ2v) is 6.82. The van der Waals surface area contributed by atoms with Gasteiger partial charge in [-0.05, 0) is 30.4 Å². The van der Waals surface area contributed by atoms with Gasteiger partial charge in [-0.1, -0.05) is 38.1 Å². The number of carbonyl (C=O) groups excluding carboxylic acids is 2. The van der Waals surface area contributed by atoms with Crippen LogP contribution in [0.2, 0.25) is 0 Å². The van der Waals surface area contributed by atoms with Crippen molar-refractivity contribution in [3.8, 4) is 0 Å². The van der Waals surface area contributed by atoms with E-state index in [0.29, 0.717) is 5.92 Å². The molecule has 3 atom stereocenters. The van der Waals surface area contributed by atoms with E-state index in [1.165, 1.54) is 5.56 Å². The van der Waals surface area contributed by atoms with Crippen LogP contribution in [-0.4, -0.2) is 46.1 Å². The molecule has 1 aliphatic heterocycles. The molecule has 3 unspecified atom stereocenters. The fraction of sp³-hybridized carbons (Fsp3) is 0.474. The number of ether oxygens (including phenoxy) is 2. The third kappa shape index (κ3) is 4.54. The molecule has 0 bridgehead atoms. The van der Waals surface area contributed by atoms with Crippen LogP contribution in [0.1, 0.15) is 37.8 Å². The van der Waals surface area contributed by atoms with Crippen LogP contribution in [0.25, 0.3) is 0 Å². The summed E-state index contributed by atoms with van der Waals surface area (Å²) in [6.45, 7) is 5.47. The van der Waals surface area contributed by atoms with Gasteiger partial charge in [0.1, 0.15) is 12.7 Å². The van der Waals surface area contributed by atoms with Gasteiger partial charge < -0.3 is 24.8 Å². The fourth-order valence-corrected chi connectivity index (χ4v) is 2.66. The summed E-state index contributed by atoms with van der Waals surface area (Å²) in [5, 5.41) is 28.7. The van der Waals surface area contributed by atoms with E-state index in [1.54, 1.807) is 6.92 Å². The van der Waals surface area contributed by atoms with E-state index in [4.69, 9.17) is 4.74 Å². The summed E-state index contributed by atoms with van der Waals surface area (Å²) in [5.74, 6) is -3.41. The van der Waals surface area contributed by atoms with Gasteiger partial charge in [-0.2, -0.15) is 0 Å². The van der Waals surface area contributed by atoms with Crippen molar-refractivity contribution in [3.63, 3.8) is 0 Å². The minimum Gasteiger partial charge on any atom is -0.505 e. The third-order valence-corrected chi connectivity index (χ3v) is 4.16. The van der Waals surface area contributed by atoms with Crippen LogP contribution in [0.4, 0.5) is 0 Å². The van der Waals surface area contributed by atoms with Gasteiger partial charge in [-0.15, -0.1) is 0 Å². The minimum absolute atomic E-state index is 0.482. The second-order valence-electron chi connectivity index (χ2n) is 6.82. The highest BCUT2D eigenvalue weighted by molar-refractivity contribution is 5.89. The molecular weight excluding hydrogens is 340 g/mol. The molecule has 0 amide bonds. The molecule has 0 radical (unpaired) electrons. The third-order valence-electron chi connectivity index (χ3n) is 4.16. The molecule has 1 aromatic rings. The summed E-state index contributed by atoms with van der Waals surface area (Å²) in [7, 11) is 0. The molecule has 0 fully saturated rings. The first kappa shape index (κ1) is 19.8. The molecule has 142 valence electrons. The van der Waals surface area contributed by atoms with Crippen molar-refractivity contribution in [1.82, 2.24) is 0 Å². The first-order valence-electron chi connectivity index (χ1n) is 8.47. The maximum atomic E-state index is 12.2. The van der Waals surface area contributed by atoms with E-state index < -0.39 is 48.2 Å². The molecule has 0 saturated carbocycles. The van der Waals surface area contributed by atoms with Gasteiger partial charge in [0, 0.05) is 0 Å². The number of aliphatic hydroxyl groups excluding tert-OH is 3. The number of carbonyl (C=O) groups is 2. The van der Waals surface area contributed by atoms with Gasteiger partial charge >= 0.3 is 11.9 Å². The highest BCUT2D eigenvalue weighted by atomic mass is 16.6. The Bertz CT molecular complexity index is 690. The van der Waals surface area contributed by atoms with Crippen LogP contribution in [0.15, 0.2) is 35.8 Å². The number of hydrogen-bond donors (Lipinski definition) is 3. The van der Waals surface area contributed by atoms with E-state index in [9.17, 15) is 24.9 Å². The second kappa shape index (κ2) is 8.23. The Morgan fingerprint density at radius 2 is 1.81 bits per heavy atom. The van der Waals surface area contributed by atoms with E-state index in [1.807, 2.05) is 24.3 Å². The molecule has 1 aromatic carbocycles. The number of cyclic esters (lactones) is 1. The van der Waals surface area contributed by atoms with Gasteiger partial charge in [-0.25, -0.2) is 4.79 Å². The molecule has 1 heterocycles. The van der Waals surface area contributed by atoms with Crippen molar-refractivity contribution in [2.24, 2.45) is 5.92 Å². The highest BCUT2D eigenvalue weighted by Crippen LogP contribution is 2.23. The average Bonchev–Trinajstić information content (AvgIpc) is 2.86. The Hall–Kier alpha value is -2.54. The summed E-state index contributed by atoms with van der Waals surface area (Å²) in [6, 6.07) is 7.67. The predicted octanol–water partition coefficient (Wildman–Crippen LogP) is 2.15. The first-order chi connectivity index (χ1) is 12.2. The minimum atomic E-state index is -1.48. The van der Waals surface area contributed by atoms with Gasteiger partial charge in [0.25, 0.3) is 0 Å². The lowest BCUT2D eigenvalue weighted by atomic mass is 9.97. The lowest BCUT2D eigenvalue weighted by Crippen LogP contribution is -2.34. The number of benzene rings is 1. The molecule has 0 saturated heterocycles. The van der Waals surface area contributed by atoms with Crippen LogP contribution >= 0.6 is 0 Å². The van der Waals surface area contributed by atoms with E-state index >= 15 is 0 Å². The summed E-state index contributed by atoms with van der Waals surface area (Å²) < 4.78 is 9.67. The normalized spacial score (nSPS) is 19.4. The highest BCUT2D eigenvalue weighted by Gasteiger charge is 2.39. The van der Waals surface area contributed by atoms with E-state index in [2.05, 4.69) is 18.6 Å².